The van der Waals surface area contributed by atoms with Crippen LogP contribution in [0.25, 0.3) is 0 Å². The van der Waals surface area contributed by atoms with E-state index in [0.717, 1.165) is 6.07 Å². The van der Waals surface area contributed by atoms with Crippen molar-refractivity contribution in [2.45, 2.75) is 11.8 Å². The highest BCUT2D eigenvalue weighted by atomic mass is 32.2. The number of halogens is 1. The fraction of sp³-hybridized carbons (Fsp3) is 0.250. The van der Waals surface area contributed by atoms with E-state index in [1.54, 1.807) is 6.92 Å². The number of primary sulfonamides is 1. The quantitative estimate of drug-likeness (QED) is 0.616. The Labute approximate surface area is 96.6 Å². The molecule has 0 atom stereocenters. The van der Waals surface area contributed by atoms with Crippen molar-refractivity contribution in [1.29, 1.82) is 0 Å². The smallest absolute Gasteiger partial charge is 0.274 e. The minimum Gasteiger partial charge on any atom is -0.384 e. The van der Waals surface area contributed by atoms with Gasteiger partial charge >= 0.3 is 0 Å². The average Bonchev–Trinajstić information content (AvgIpc) is 2.14. The fourth-order valence-electron chi connectivity index (χ4n) is 1.30. The number of nitrogens with zero attached hydrogens (tertiary/aromatic N) is 1. The molecule has 1 aromatic rings. The Morgan fingerprint density at radius 3 is 2.53 bits per heavy atom. The number of hydrogen-bond acceptors (Lipinski definition) is 5. The van der Waals surface area contributed by atoms with Crippen LogP contribution < -0.4 is 10.5 Å². The number of sulfonamides is 1. The molecule has 0 aliphatic heterocycles. The Bertz CT molecular complexity index is 558. The maximum atomic E-state index is 13.5. The Hall–Kier alpha value is -1.74. The van der Waals surface area contributed by atoms with Crippen molar-refractivity contribution in [2.24, 2.45) is 5.14 Å². The molecule has 0 saturated heterocycles. The molecule has 0 heterocycles. The molecule has 0 radical (unpaired) electrons. The fourth-order valence-corrected chi connectivity index (χ4v) is 2.06. The molecule has 0 bridgehead atoms. The lowest BCUT2D eigenvalue weighted by molar-refractivity contribution is -0.385. The number of nitro groups is 1. The molecule has 1 rings (SSSR count). The van der Waals surface area contributed by atoms with Crippen molar-refractivity contribution >= 4 is 21.4 Å². The van der Waals surface area contributed by atoms with Crippen LogP contribution in [0.3, 0.4) is 0 Å². The summed E-state index contributed by atoms with van der Waals surface area (Å²) in [5, 5.41) is 17.9. The molecule has 0 aliphatic carbocycles. The van der Waals surface area contributed by atoms with Gasteiger partial charge in [-0.1, -0.05) is 0 Å². The summed E-state index contributed by atoms with van der Waals surface area (Å²) in [6.07, 6.45) is 0. The summed E-state index contributed by atoms with van der Waals surface area (Å²) in [6.45, 7) is 1.90. The van der Waals surface area contributed by atoms with Gasteiger partial charge in [0.25, 0.3) is 5.69 Å². The van der Waals surface area contributed by atoms with E-state index >= 15 is 0 Å². The van der Waals surface area contributed by atoms with E-state index in [2.05, 4.69) is 5.32 Å². The second-order valence-corrected chi connectivity index (χ2v) is 4.63. The van der Waals surface area contributed by atoms with Crippen LogP contribution in [0.1, 0.15) is 6.92 Å². The Balaban J connectivity index is 3.55. The lowest BCUT2D eigenvalue weighted by Gasteiger charge is -2.09. The highest BCUT2D eigenvalue weighted by molar-refractivity contribution is 7.89. The topological polar surface area (TPSA) is 115 Å². The molecule has 7 nitrogen and oxygen atoms in total. The normalized spacial score (nSPS) is 11.2. The van der Waals surface area contributed by atoms with Crippen molar-refractivity contribution < 1.29 is 17.7 Å². The number of nitrogens with one attached hydrogen (secondary N) is 1. The molecule has 0 aliphatic rings. The number of benzene rings is 1. The summed E-state index contributed by atoms with van der Waals surface area (Å²) in [4.78, 5) is 8.91. The first-order chi connectivity index (χ1) is 7.77. The minimum atomic E-state index is -4.29. The summed E-state index contributed by atoms with van der Waals surface area (Å²) >= 11 is 0. The Kier molecular flexibility index (Phi) is 3.63. The predicted molar refractivity (Wildman–Crippen MR) is 58.6 cm³/mol. The lowest BCUT2D eigenvalue weighted by atomic mass is 10.2. The molecule has 0 aromatic heterocycles. The van der Waals surface area contributed by atoms with Crippen LogP contribution in [0, 0.1) is 15.9 Å². The summed E-state index contributed by atoms with van der Waals surface area (Å²) in [6, 6.07) is 1.44. The highest BCUT2D eigenvalue weighted by Gasteiger charge is 2.23. The second kappa shape index (κ2) is 4.63. The largest absolute Gasteiger partial charge is 0.384 e. The van der Waals surface area contributed by atoms with E-state index in [0.29, 0.717) is 6.07 Å². The van der Waals surface area contributed by atoms with E-state index < -0.39 is 31.3 Å². The van der Waals surface area contributed by atoms with Gasteiger partial charge in [-0.2, -0.15) is 0 Å². The zero-order chi connectivity index (χ0) is 13.2. The standard InChI is InChI=1S/C8H10FN3O4S/c1-2-11-7-4-5(12(13)14)3-6(9)8(7)17(10,15)16/h3-4,11H,2H2,1H3,(H2,10,15,16). The summed E-state index contributed by atoms with van der Waals surface area (Å²) in [5.74, 6) is -1.25. The molecule has 0 saturated carbocycles. The van der Waals surface area contributed by atoms with Gasteiger partial charge in [0.05, 0.1) is 16.7 Å². The number of rotatable bonds is 4. The second-order valence-electron chi connectivity index (χ2n) is 3.14. The Morgan fingerprint density at radius 1 is 1.53 bits per heavy atom. The van der Waals surface area contributed by atoms with Crippen LogP contribution in [0.2, 0.25) is 0 Å². The van der Waals surface area contributed by atoms with Gasteiger partial charge in [-0.15, -0.1) is 0 Å². The predicted octanol–water partition coefficient (Wildman–Crippen LogP) is 0.813. The van der Waals surface area contributed by atoms with E-state index in [-0.39, 0.29) is 12.2 Å². The van der Waals surface area contributed by atoms with E-state index in [1.165, 1.54) is 0 Å². The highest BCUT2D eigenvalue weighted by Crippen LogP contribution is 2.28. The summed E-state index contributed by atoms with van der Waals surface area (Å²) in [7, 11) is -4.29. The minimum absolute atomic E-state index is 0.221. The number of anilines is 1. The van der Waals surface area contributed by atoms with Gasteiger partial charge in [-0.05, 0) is 6.92 Å². The number of nitrogens with two attached hydrogens (primary N) is 1. The molecule has 9 heteroatoms. The first kappa shape index (κ1) is 13.3. The lowest BCUT2D eigenvalue weighted by Crippen LogP contribution is -2.17. The van der Waals surface area contributed by atoms with E-state index in [4.69, 9.17) is 5.14 Å². The molecular formula is C8H10FN3O4S. The van der Waals surface area contributed by atoms with Gasteiger partial charge in [-0.3, -0.25) is 10.1 Å². The first-order valence-corrected chi connectivity index (χ1v) is 6.06. The number of nitro benzene ring substituents is 1. The SMILES string of the molecule is CCNc1cc([N+](=O)[O-])cc(F)c1S(N)(=O)=O. The van der Waals surface area contributed by atoms with E-state index in [9.17, 15) is 22.9 Å². The van der Waals surface area contributed by atoms with Crippen LogP contribution >= 0.6 is 0 Å². The maximum Gasteiger partial charge on any atom is 0.274 e. The molecular weight excluding hydrogens is 253 g/mol. The van der Waals surface area contributed by atoms with Crippen molar-refractivity contribution in [3.63, 3.8) is 0 Å². The Morgan fingerprint density at radius 2 is 2.12 bits per heavy atom. The zero-order valence-corrected chi connectivity index (χ0v) is 9.62. The average molecular weight is 263 g/mol. The van der Waals surface area contributed by atoms with Crippen molar-refractivity contribution in [3.8, 4) is 0 Å². The number of hydrogen-bond donors (Lipinski definition) is 2. The third-order valence-corrected chi connectivity index (χ3v) is 2.87. The molecule has 0 amide bonds. The van der Waals surface area contributed by atoms with Crippen molar-refractivity contribution in [2.75, 3.05) is 11.9 Å². The van der Waals surface area contributed by atoms with Gasteiger partial charge in [-0.25, -0.2) is 17.9 Å². The van der Waals surface area contributed by atoms with Gasteiger partial charge in [0, 0.05) is 12.6 Å². The van der Waals surface area contributed by atoms with Crippen LogP contribution in [-0.2, 0) is 10.0 Å². The molecule has 94 valence electrons. The van der Waals surface area contributed by atoms with E-state index in [1.807, 2.05) is 0 Å². The molecule has 1 aromatic carbocycles. The molecule has 17 heavy (non-hydrogen) atoms. The molecule has 0 spiro atoms. The first-order valence-electron chi connectivity index (χ1n) is 4.52. The van der Waals surface area contributed by atoms with Gasteiger partial charge in [0.2, 0.25) is 10.0 Å². The zero-order valence-electron chi connectivity index (χ0n) is 8.81. The monoisotopic (exact) mass is 263 g/mol. The maximum absolute atomic E-state index is 13.5. The van der Waals surface area contributed by atoms with Crippen LogP contribution in [-0.4, -0.2) is 19.9 Å². The van der Waals surface area contributed by atoms with Crippen LogP contribution in [0.15, 0.2) is 17.0 Å². The molecule has 0 unspecified atom stereocenters. The van der Waals surface area contributed by atoms with Gasteiger partial charge < -0.3 is 5.32 Å². The van der Waals surface area contributed by atoms with Gasteiger partial charge in [0.1, 0.15) is 4.90 Å². The summed E-state index contributed by atoms with van der Waals surface area (Å²) < 4.78 is 35.8. The third-order valence-electron chi connectivity index (χ3n) is 1.89. The van der Waals surface area contributed by atoms with Crippen LogP contribution in [0.4, 0.5) is 15.8 Å². The molecule has 0 fully saturated rings. The van der Waals surface area contributed by atoms with Gasteiger partial charge in [0.15, 0.2) is 5.82 Å². The van der Waals surface area contributed by atoms with Crippen molar-refractivity contribution in [1.82, 2.24) is 0 Å². The molecule has 3 N–H and O–H groups in total. The third kappa shape index (κ3) is 2.88. The van der Waals surface area contributed by atoms with Crippen LogP contribution in [0.5, 0.6) is 0 Å². The van der Waals surface area contributed by atoms with Crippen molar-refractivity contribution in [3.05, 3.63) is 28.1 Å². The number of non-ortho nitro benzene ring substituents is 1. The summed E-state index contributed by atoms with van der Waals surface area (Å²) in [5.41, 5.74) is -0.771.